The molecule has 0 saturated carbocycles. The Morgan fingerprint density at radius 1 is 1.41 bits per heavy atom. The van der Waals surface area contributed by atoms with Gasteiger partial charge < -0.3 is 15.7 Å². The van der Waals surface area contributed by atoms with E-state index >= 15 is 0 Å². The molecule has 1 rings (SSSR count). The van der Waals surface area contributed by atoms with E-state index in [1.165, 1.54) is 0 Å². The second-order valence-corrected chi connectivity index (χ2v) is 3.91. The third-order valence-electron chi connectivity index (χ3n) is 2.46. The van der Waals surface area contributed by atoms with Crippen molar-refractivity contribution in [2.24, 2.45) is 0 Å². The number of amides is 1. The van der Waals surface area contributed by atoms with Crippen molar-refractivity contribution in [3.05, 3.63) is 29.8 Å². The van der Waals surface area contributed by atoms with Gasteiger partial charge in [0, 0.05) is 24.2 Å². The molecule has 0 radical (unpaired) electrons. The molecule has 4 nitrogen and oxygen atoms in total. The van der Waals surface area contributed by atoms with Crippen LogP contribution in [-0.2, 0) is 4.79 Å². The average Bonchev–Trinajstić information content (AvgIpc) is 2.29. The summed E-state index contributed by atoms with van der Waals surface area (Å²) in [7, 11) is 0. The number of hydrogen-bond acceptors (Lipinski definition) is 3. The standard InChI is InChI=1S/C13H20N2O2/c1-3-14-9-8-13(17)15-12-7-5-4-6-11(12)10(2)16/h4-7,10,14,16H,3,8-9H2,1-2H3,(H,15,17). The molecule has 0 fully saturated rings. The number of benzene rings is 1. The topological polar surface area (TPSA) is 61.4 Å². The summed E-state index contributed by atoms with van der Waals surface area (Å²) in [6.45, 7) is 5.21. The first-order valence-corrected chi connectivity index (χ1v) is 5.92. The third kappa shape index (κ3) is 4.54. The van der Waals surface area contributed by atoms with Crippen molar-refractivity contribution in [2.45, 2.75) is 26.4 Å². The number of hydrogen-bond donors (Lipinski definition) is 3. The minimum atomic E-state index is -0.583. The van der Waals surface area contributed by atoms with Crippen molar-refractivity contribution >= 4 is 11.6 Å². The Hall–Kier alpha value is -1.39. The highest BCUT2D eigenvalue weighted by molar-refractivity contribution is 5.91. The van der Waals surface area contributed by atoms with Gasteiger partial charge in [0.15, 0.2) is 0 Å². The maximum absolute atomic E-state index is 11.6. The molecule has 1 amide bonds. The molecule has 0 aliphatic heterocycles. The van der Waals surface area contributed by atoms with Gasteiger partial charge in [0.2, 0.25) is 5.91 Å². The van der Waals surface area contributed by atoms with Crippen LogP contribution in [0.5, 0.6) is 0 Å². The molecule has 1 atom stereocenters. The molecule has 0 heterocycles. The van der Waals surface area contributed by atoms with Crippen LogP contribution in [0.1, 0.15) is 31.9 Å². The fourth-order valence-electron chi connectivity index (χ4n) is 1.57. The summed E-state index contributed by atoms with van der Waals surface area (Å²) in [6, 6.07) is 7.29. The molecule has 0 aliphatic carbocycles. The maximum Gasteiger partial charge on any atom is 0.225 e. The van der Waals surface area contributed by atoms with Crippen LogP contribution in [0.25, 0.3) is 0 Å². The summed E-state index contributed by atoms with van der Waals surface area (Å²) in [6.07, 6.45) is -0.151. The molecule has 0 aromatic heterocycles. The lowest BCUT2D eigenvalue weighted by atomic mass is 10.1. The van der Waals surface area contributed by atoms with E-state index in [2.05, 4.69) is 10.6 Å². The Morgan fingerprint density at radius 2 is 2.12 bits per heavy atom. The van der Waals surface area contributed by atoms with E-state index in [-0.39, 0.29) is 5.91 Å². The lowest BCUT2D eigenvalue weighted by Crippen LogP contribution is -2.21. The first-order valence-electron chi connectivity index (χ1n) is 5.92. The highest BCUT2D eigenvalue weighted by Crippen LogP contribution is 2.22. The van der Waals surface area contributed by atoms with Gasteiger partial charge in [-0.1, -0.05) is 25.1 Å². The first-order chi connectivity index (χ1) is 8.15. The number of nitrogens with one attached hydrogen (secondary N) is 2. The van der Waals surface area contributed by atoms with Gasteiger partial charge in [-0.05, 0) is 19.5 Å². The van der Waals surface area contributed by atoms with E-state index in [1.807, 2.05) is 25.1 Å². The van der Waals surface area contributed by atoms with Gasteiger partial charge >= 0.3 is 0 Å². The molecule has 4 heteroatoms. The minimum Gasteiger partial charge on any atom is -0.389 e. The molecule has 94 valence electrons. The molecule has 1 aromatic carbocycles. The van der Waals surface area contributed by atoms with E-state index in [4.69, 9.17) is 0 Å². The number of anilines is 1. The first kappa shape index (κ1) is 13.7. The number of para-hydroxylation sites is 1. The number of rotatable bonds is 6. The Morgan fingerprint density at radius 3 is 2.76 bits per heavy atom. The van der Waals surface area contributed by atoms with Gasteiger partial charge in [-0.15, -0.1) is 0 Å². The van der Waals surface area contributed by atoms with E-state index in [9.17, 15) is 9.90 Å². The lowest BCUT2D eigenvalue weighted by molar-refractivity contribution is -0.116. The van der Waals surface area contributed by atoms with Crippen LogP contribution < -0.4 is 10.6 Å². The molecular weight excluding hydrogens is 216 g/mol. The lowest BCUT2D eigenvalue weighted by Gasteiger charge is -2.12. The Bertz CT molecular complexity index is 364. The van der Waals surface area contributed by atoms with Crippen molar-refractivity contribution in [2.75, 3.05) is 18.4 Å². The summed E-state index contributed by atoms with van der Waals surface area (Å²) >= 11 is 0. The van der Waals surface area contributed by atoms with Gasteiger partial charge in [0.1, 0.15) is 0 Å². The number of aliphatic hydroxyl groups is 1. The SMILES string of the molecule is CCNCCC(=O)Nc1ccccc1C(C)O. The summed E-state index contributed by atoms with van der Waals surface area (Å²) in [5.41, 5.74) is 1.42. The average molecular weight is 236 g/mol. The molecular formula is C13H20N2O2. The summed E-state index contributed by atoms with van der Waals surface area (Å²) in [5, 5.41) is 15.5. The smallest absolute Gasteiger partial charge is 0.225 e. The predicted molar refractivity (Wildman–Crippen MR) is 68.9 cm³/mol. The van der Waals surface area contributed by atoms with E-state index < -0.39 is 6.10 Å². The second kappa shape index (κ2) is 7.04. The zero-order valence-electron chi connectivity index (χ0n) is 10.4. The number of carbonyl (C=O) groups excluding carboxylic acids is 1. The van der Waals surface area contributed by atoms with Crippen LogP contribution >= 0.6 is 0 Å². The highest BCUT2D eigenvalue weighted by atomic mass is 16.3. The molecule has 3 N–H and O–H groups in total. The van der Waals surface area contributed by atoms with Crippen LogP contribution in [0.15, 0.2) is 24.3 Å². The van der Waals surface area contributed by atoms with Crippen molar-refractivity contribution in [3.63, 3.8) is 0 Å². The van der Waals surface area contributed by atoms with Crippen LogP contribution in [-0.4, -0.2) is 24.1 Å². The van der Waals surface area contributed by atoms with Gasteiger partial charge in [-0.25, -0.2) is 0 Å². The minimum absolute atomic E-state index is 0.0425. The van der Waals surface area contributed by atoms with Crippen LogP contribution in [0.2, 0.25) is 0 Å². The highest BCUT2D eigenvalue weighted by Gasteiger charge is 2.09. The Balaban J connectivity index is 2.58. The molecule has 1 aromatic rings. The monoisotopic (exact) mass is 236 g/mol. The van der Waals surface area contributed by atoms with Crippen LogP contribution in [0.4, 0.5) is 5.69 Å². The van der Waals surface area contributed by atoms with Crippen molar-refractivity contribution < 1.29 is 9.90 Å². The van der Waals surface area contributed by atoms with Crippen molar-refractivity contribution in [1.29, 1.82) is 0 Å². The van der Waals surface area contributed by atoms with Gasteiger partial charge in [-0.2, -0.15) is 0 Å². The summed E-state index contributed by atoms with van der Waals surface area (Å²) < 4.78 is 0. The Kier molecular flexibility index (Phi) is 5.66. The predicted octanol–water partition coefficient (Wildman–Crippen LogP) is 1.68. The van der Waals surface area contributed by atoms with Crippen molar-refractivity contribution in [3.8, 4) is 0 Å². The normalized spacial score (nSPS) is 12.2. The fraction of sp³-hybridized carbons (Fsp3) is 0.462. The largest absolute Gasteiger partial charge is 0.389 e. The van der Waals surface area contributed by atoms with Gasteiger partial charge in [0.05, 0.1) is 6.10 Å². The molecule has 0 aliphatic rings. The molecule has 17 heavy (non-hydrogen) atoms. The van der Waals surface area contributed by atoms with E-state index in [1.54, 1.807) is 13.0 Å². The van der Waals surface area contributed by atoms with Gasteiger partial charge in [0.25, 0.3) is 0 Å². The fourth-order valence-corrected chi connectivity index (χ4v) is 1.57. The molecule has 0 bridgehead atoms. The summed E-state index contributed by atoms with van der Waals surface area (Å²) in [4.78, 5) is 11.6. The van der Waals surface area contributed by atoms with E-state index in [0.717, 1.165) is 12.1 Å². The molecule has 0 spiro atoms. The Labute approximate surface area is 102 Å². The molecule has 0 saturated heterocycles. The summed E-state index contributed by atoms with van der Waals surface area (Å²) in [5.74, 6) is -0.0425. The second-order valence-electron chi connectivity index (χ2n) is 3.91. The van der Waals surface area contributed by atoms with E-state index in [0.29, 0.717) is 18.7 Å². The zero-order valence-corrected chi connectivity index (χ0v) is 10.4. The maximum atomic E-state index is 11.6. The van der Waals surface area contributed by atoms with Crippen LogP contribution in [0.3, 0.4) is 0 Å². The zero-order chi connectivity index (χ0) is 12.7. The molecule has 1 unspecified atom stereocenters. The quantitative estimate of drug-likeness (QED) is 0.658. The number of aliphatic hydroxyl groups excluding tert-OH is 1. The van der Waals surface area contributed by atoms with Crippen molar-refractivity contribution in [1.82, 2.24) is 5.32 Å². The number of carbonyl (C=O) groups is 1. The third-order valence-corrected chi connectivity index (χ3v) is 2.46. The van der Waals surface area contributed by atoms with Crippen LogP contribution in [0, 0.1) is 0 Å². The van der Waals surface area contributed by atoms with Gasteiger partial charge in [-0.3, -0.25) is 4.79 Å².